The predicted octanol–water partition coefficient (Wildman–Crippen LogP) is -0.495. The van der Waals surface area contributed by atoms with Crippen molar-refractivity contribution in [2.75, 3.05) is 6.61 Å². The maximum absolute atomic E-state index is 10.8. The van der Waals surface area contributed by atoms with Gasteiger partial charge in [-0.15, -0.1) is 0 Å². The first-order valence-corrected chi connectivity index (χ1v) is 4.97. The van der Waals surface area contributed by atoms with E-state index in [0.29, 0.717) is 12.2 Å². The van der Waals surface area contributed by atoms with Gasteiger partial charge in [0.25, 0.3) is 0 Å². The van der Waals surface area contributed by atoms with E-state index in [9.17, 15) is 9.59 Å². The van der Waals surface area contributed by atoms with Crippen molar-refractivity contribution in [3.8, 4) is 5.75 Å². The van der Waals surface area contributed by atoms with Gasteiger partial charge in [-0.2, -0.15) is 0 Å². The SMILES string of the molecule is NC(=O)[C@@H](N)Cc1ccc(OCC(=O)O)cc1. The van der Waals surface area contributed by atoms with Crippen molar-refractivity contribution in [3.05, 3.63) is 29.8 Å². The van der Waals surface area contributed by atoms with Crippen molar-refractivity contribution >= 4 is 11.9 Å². The van der Waals surface area contributed by atoms with Crippen LogP contribution in [0.3, 0.4) is 0 Å². The number of ether oxygens (including phenoxy) is 1. The van der Waals surface area contributed by atoms with Crippen LogP contribution in [0.1, 0.15) is 5.56 Å². The van der Waals surface area contributed by atoms with Gasteiger partial charge in [-0.1, -0.05) is 12.1 Å². The summed E-state index contributed by atoms with van der Waals surface area (Å²) in [5.41, 5.74) is 11.4. The molecule has 0 aliphatic rings. The number of amides is 1. The summed E-state index contributed by atoms with van der Waals surface area (Å²) < 4.78 is 4.95. The topological polar surface area (TPSA) is 116 Å². The highest BCUT2D eigenvalue weighted by atomic mass is 16.5. The summed E-state index contributed by atoms with van der Waals surface area (Å²) >= 11 is 0. The van der Waals surface area contributed by atoms with Crippen LogP contribution in [0.25, 0.3) is 0 Å². The highest BCUT2D eigenvalue weighted by Crippen LogP contribution is 2.13. The van der Waals surface area contributed by atoms with Crippen molar-refractivity contribution in [2.24, 2.45) is 11.5 Å². The van der Waals surface area contributed by atoms with Crippen LogP contribution in [-0.4, -0.2) is 29.6 Å². The highest BCUT2D eigenvalue weighted by molar-refractivity contribution is 5.79. The molecule has 1 aromatic carbocycles. The normalized spacial score (nSPS) is 11.8. The summed E-state index contributed by atoms with van der Waals surface area (Å²) in [6.45, 7) is -0.389. The van der Waals surface area contributed by atoms with Crippen LogP contribution >= 0.6 is 0 Å². The van der Waals surface area contributed by atoms with E-state index in [1.807, 2.05) is 0 Å². The van der Waals surface area contributed by atoms with Gasteiger partial charge in [-0.3, -0.25) is 4.79 Å². The van der Waals surface area contributed by atoms with Gasteiger partial charge in [0, 0.05) is 0 Å². The van der Waals surface area contributed by atoms with Gasteiger partial charge >= 0.3 is 5.97 Å². The zero-order chi connectivity index (χ0) is 12.8. The van der Waals surface area contributed by atoms with Crippen LogP contribution in [0.5, 0.6) is 5.75 Å². The molecule has 5 N–H and O–H groups in total. The molecule has 0 fully saturated rings. The van der Waals surface area contributed by atoms with Crippen LogP contribution in [0, 0.1) is 0 Å². The average Bonchev–Trinajstić information content (AvgIpc) is 2.28. The first-order valence-electron chi connectivity index (χ1n) is 4.97. The molecule has 1 atom stereocenters. The monoisotopic (exact) mass is 238 g/mol. The number of rotatable bonds is 6. The second-order valence-electron chi connectivity index (χ2n) is 3.54. The van der Waals surface area contributed by atoms with Gasteiger partial charge in [-0.05, 0) is 24.1 Å². The lowest BCUT2D eigenvalue weighted by molar-refractivity contribution is -0.139. The molecule has 0 saturated heterocycles. The Hall–Kier alpha value is -2.08. The fraction of sp³-hybridized carbons (Fsp3) is 0.273. The van der Waals surface area contributed by atoms with Crippen LogP contribution in [0.15, 0.2) is 24.3 Å². The molecular weight excluding hydrogens is 224 g/mol. The predicted molar refractivity (Wildman–Crippen MR) is 60.4 cm³/mol. The van der Waals surface area contributed by atoms with E-state index in [4.69, 9.17) is 21.3 Å². The number of primary amides is 1. The Balaban J connectivity index is 2.55. The first-order chi connectivity index (χ1) is 7.99. The molecule has 0 bridgehead atoms. The summed E-state index contributed by atoms with van der Waals surface area (Å²) in [5, 5.41) is 8.42. The molecule has 0 saturated carbocycles. The third kappa shape index (κ3) is 4.52. The van der Waals surface area contributed by atoms with Crippen molar-refractivity contribution in [2.45, 2.75) is 12.5 Å². The number of carboxylic acid groups (broad SMARTS) is 1. The van der Waals surface area contributed by atoms with Gasteiger partial charge < -0.3 is 21.3 Å². The summed E-state index contributed by atoms with van der Waals surface area (Å²) in [7, 11) is 0. The van der Waals surface area contributed by atoms with Gasteiger partial charge in [-0.25, -0.2) is 4.79 Å². The van der Waals surface area contributed by atoms with E-state index >= 15 is 0 Å². The number of nitrogens with two attached hydrogens (primary N) is 2. The van der Waals surface area contributed by atoms with Crippen molar-refractivity contribution in [3.63, 3.8) is 0 Å². The lowest BCUT2D eigenvalue weighted by Gasteiger charge is -2.08. The standard InChI is InChI=1S/C11H14N2O4/c12-9(11(13)16)5-7-1-3-8(4-2-7)17-6-10(14)15/h1-4,9H,5-6,12H2,(H2,13,16)(H,14,15)/t9-/m0/s1. The number of benzene rings is 1. The maximum Gasteiger partial charge on any atom is 0.341 e. The van der Waals surface area contributed by atoms with Crippen LogP contribution in [-0.2, 0) is 16.0 Å². The average molecular weight is 238 g/mol. The third-order valence-electron chi connectivity index (χ3n) is 2.11. The van der Waals surface area contributed by atoms with E-state index in [1.165, 1.54) is 0 Å². The summed E-state index contributed by atoms with van der Waals surface area (Å²) in [4.78, 5) is 21.0. The fourth-order valence-electron chi connectivity index (χ4n) is 1.22. The molecule has 0 aliphatic carbocycles. The summed E-state index contributed by atoms with van der Waals surface area (Å²) in [6.07, 6.45) is 0.342. The minimum atomic E-state index is -1.04. The molecule has 1 rings (SSSR count). The summed E-state index contributed by atoms with van der Waals surface area (Å²) in [6, 6.07) is 5.93. The molecule has 0 radical (unpaired) electrons. The second-order valence-corrected chi connectivity index (χ2v) is 3.54. The maximum atomic E-state index is 10.8. The molecule has 0 heterocycles. The van der Waals surface area contributed by atoms with Gasteiger partial charge in [0.05, 0.1) is 6.04 Å². The number of aliphatic carboxylic acids is 1. The Morgan fingerprint density at radius 2 is 1.88 bits per heavy atom. The Bertz CT molecular complexity index is 402. The first kappa shape index (κ1) is 13.0. The zero-order valence-corrected chi connectivity index (χ0v) is 9.13. The van der Waals surface area contributed by atoms with Gasteiger partial charge in [0.15, 0.2) is 6.61 Å². The Labute approximate surface area is 98.2 Å². The molecule has 6 heteroatoms. The smallest absolute Gasteiger partial charge is 0.341 e. The Morgan fingerprint density at radius 1 is 1.29 bits per heavy atom. The lowest BCUT2D eigenvalue weighted by atomic mass is 10.1. The van der Waals surface area contributed by atoms with E-state index in [-0.39, 0.29) is 6.61 Å². The van der Waals surface area contributed by atoms with Crippen molar-refractivity contribution < 1.29 is 19.4 Å². The third-order valence-corrected chi connectivity index (χ3v) is 2.11. The molecule has 1 amide bonds. The minimum Gasteiger partial charge on any atom is -0.482 e. The fourth-order valence-corrected chi connectivity index (χ4v) is 1.22. The molecule has 0 aromatic heterocycles. The number of carbonyl (C=O) groups excluding carboxylic acids is 1. The zero-order valence-electron chi connectivity index (χ0n) is 9.13. The minimum absolute atomic E-state index is 0.342. The van der Waals surface area contributed by atoms with Gasteiger partial charge in [0.1, 0.15) is 5.75 Å². The number of carboxylic acids is 1. The van der Waals surface area contributed by atoms with Crippen LogP contribution in [0.4, 0.5) is 0 Å². The molecular formula is C11H14N2O4. The Kier molecular flexibility index (Phi) is 4.47. The van der Waals surface area contributed by atoms with E-state index in [0.717, 1.165) is 5.56 Å². The van der Waals surface area contributed by atoms with E-state index < -0.39 is 17.9 Å². The quantitative estimate of drug-likeness (QED) is 0.618. The molecule has 6 nitrogen and oxygen atoms in total. The molecule has 0 spiro atoms. The molecule has 0 unspecified atom stereocenters. The number of carbonyl (C=O) groups is 2. The molecule has 0 aliphatic heterocycles. The summed E-state index contributed by atoms with van der Waals surface area (Å²) in [5.74, 6) is -1.15. The largest absolute Gasteiger partial charge is 0.482 e. The number of hydrogen-bond donors (Lipinski definition) is 3. The van der Waals surface area contributed by atoms with Crippen LogP contribution in [0.2, 0.25) is 0 Å². The van der Waals surface area contributed by atoms with Crippen LogP contribution < -0.4 is 16.2 Å². The molecule has 1 aromatic rings. The highest BCUT2D eigenvalue weighted by Gasteiger charge is 2.09. The van der Waals surface area contributed by atoms with Crippen molar-refractivity contribution in [1.29, 1.82) is 0 Å². The second kappa shape index (κ2) is 5.86. The molecule has 17 heavy (non-hydrogen) atoms. The lowest BCUT2D eigenvalue weighted by Crippen LogP contribution is -2.38. The molecule has 92 valence electrons. The van der Waals surface area contributed by atoms with E-state index in [1.54, 1.807) is 24.3 Å². The number of hydrogen-bond acceptors (Lipinski definition) is 4. The van der Waals surface area contributed by atoms with Crippen molar-refractivity contribution in [1.82, 2.24) is 0 Å². The van der Waals surface area contributed by atoms with Gasteiger partial charge in [0.2, 0.25) is 5.91 Å². The Morgan fingerprint density at radius 3 is 2.35 bits per heavy atom. The van der Waals surface area contributed by atoms with E-state index in [2.05, 4.69) is 0 Å².